The molecule has 2 atom stereocenters. The van der Waals surface area contributed by atoms with Crippen molar-refractivity contribution in [1.82, 2.24) is 9.55 Å². The van der Waals surface area contributed by atoms with Crippen LogP contribution in [0.25, 0.3) is 5.69 Å². The van der Waals surface area contributed by atoms with Crippen LogP contribution in [-0.2, 0) is 15.9 Å². The van der Waals surface area contributed by atoms with Crippen LogP contribution in [0.4, 0.5) is 0 Å². The molecule has 2 unspecified atom stereocenters. The summed E-state index contributed by atoms with van der Waals surface area (Å²) in [6.07, 6.45) is 3.39. The predicted octanol–water partition coefficient (Wildman–Crippen LogP) is 2.85. The molecular weight excluding hydrogens is 268 g/mol. The predicted molar refractivity (Wildman–Crippen MR) is 76.7 cm³/mol. The van der Waals surface area contributed by atoms with Gasteiger partial charge in [-0.2, -0.15) is 0 Å². The van der Waals surface area contributed by atoms with E-state index in [2.05, 4.69) is 4.98 Å². The van der Waals surface area contributed by atoms with Crippen molar-refractivity contribution in [2.45, 2.75) is 44.8 Å². The number of rotatable bonds is 1. The van der Waals surface area contributed by atoms with E-state index in [0.717, 1.165) is 29.7 Å². The summed E-state index contributed by atoms with van der Waals surface area (Å²) in [7, 11) is 0. The first-order chi connectivity index (χ1) is 9.87. The number of nitrogens with zero attached hydrogens (tertiary/aromatic N) is 2. The van der Waals surface area contributed by atoms with Crippen molar-refractivity contribution in [1.29, 1.82) is 0 Å². The van der Waals surface area contributed by atoms with Crippen molar-refractivity contribution in [3.63, 3.8) is 0 Å². The van der Waals surface area contributed by atoms with Crippen molar-refractivity contribution < 1.29 is 14.9 Å². The van der Waals surface area contributed by atoms with Crippen LogP contribution in [0.2, 0.25) is 0 Å². The normalized spacial score (nSPS) is 29.9. The lowest BCUT2D eigenvalue weighted by atomic mass is 9.80. The molecule has 4 rings (SSSR count). The van der Waals surface area contributed by atoms with Crippen LogP contribution >= 0.6 is 0 Å². The van der Waals surface area contributed by atoms with E-state index in [1.807, 2.05) is 26.8 Å². The molecule has 2 bridgehead atoms. The molecule has 2 aromatic heterocycles. The summed E-state index contributed by atoms with van der Waals surface area (Å²) >= 11 is 0. The Kier molecular flexibility index (Phi) is 2.18. The van der Waals surface area contributed by atoms with Crippen molar-refractivity contribution >= 4 is 0 Å². The van der Waals surface area contributed by atoms with Crippen LogP contribution in [-0.4, -0.2) is 19.8 Å². The largest absolute Gasteiger partial charge is 0.494 e. The third kappa shape index (κ3) is 1.37. The second kappa shape index (κ2) is 3.60. The summed E-state index contributed by atoms with van der Waals surface area (Å²) < 4.78 is 7.57. The van der Waals surface area contributed by atoms with Crippen molar-refractivity contribution in [3.8, 4) is 17.4 Å². The van der Waals surface area contributed by atoms with Gasteiger partial charge in [-0.05, 0) is 45.7 Å². The number of aromatic hydroxyl groups is 2. The molecule has 0 saturated carbocycles. The Morgan fingerprint density at radius 3 is 2.24 bits per heavy atom. The second-order valence-corrected chi connectivity index (χ2v) is 6.40. The van der Waals surface area contributed by atoms with Crippen molar-refractivity contribution in [2.24, 2.45) is 0 Å². The van der Waals surface area contributed by atoms with Crippen molar-refractivity contribution in [2.75, 3.05) is 0 Å². The van der Waals surface area contributed by atoms with E-state index in [-0.39, 0.29) is 11.8 Å². The van der Waals surface area contributed by atoms with Gasteiger partial charge in [0.25, 0.3) is 0 Å². The highest BCUT2D eigenvalue weighted by molar-refractivity contribution is 5.60. The van der Waals surface area contributed by atoms with E-state index in [4.69, 9.17) is 4.74 Å². The number of hydrogen-bond acceptors (Lipinski definition) is 4. The zero-order valence-electron chi connectivity index (χ0n) is 12.3. The van der Waals surface area contributed by atoms with E-state index in [0.29, 0.717) is 5.69 Å². The molecule has 110 valence electrons. The Morgan fingerprint density at radius 1 is 1.14 bits per heavy atom. The van der Waals surface area contributed by atoms with Crippen molar-refractivity contribution in [3.05, 3.63) is 35.2 Å². The van der Waals surface area contributed by atoms with Gasteiger partial charge in [-0.15, -0.1) is 0 Å². The van der Waals surface area contributed by atoms with Crippen LogP contribution in [0.5, 0.6) is 11.8 Å². The molecule has 5 heteroatoms. The molecule has 1 saturated heterocycles. The average molecular weight is 286 g/mol. The second-order valence-electron chi connectivity index (χ2n) is 6.40. The van der Waals surface area contributed by atoms with Crippen LogP contribution in [0, 0.1) is 6.92 Å². The molecule has 0 aromatic carbocycles. The molecule has 0 aliphatic carbocycles. The summed E-state index contributed by atoms with van der Waals surface area (Å²) in [5.41, 5.74) is 1.84. The van der Waals surface area contributed by atoms with Gasteiger partial charge in [-0.1, -0.05) is 0 Å². The van der Waals surface area contributed by atoms with Crippen LogP contribution in [0.3, 0.4) is 0 Å². The Balaban J connectivity index is 2.05. The van der Waals surface area contributed by atoms with Gasteiger partial charge in [0.05, 0.1) is 33.7 Å². The molecule has 2 aromatic rings. The monoisotopic (exact) mass is 286 g/mol. The number of ether oxygens (including phenoxy) is 1. The fraction of sp³-hybridized carbons (Fsp3) is 0.438. The Labute approximate surface area is 122 Å². The maximum atomic E-state index is 10.7. The first-order valence-electron chi connectivity index (χ1n) is 7.17. The highest BCUT2D eigenvalue weighted by Crippen LogP contribution is 2.64. The zero-order valence-corrected chi connectivity index (χ0v) is 12.3. The number of aromatic nitrogens is 2. The van der Waals surface area contributed by atoms with E-state index in [1.165, 1.54) is 4.57 Å². The van der Waals surface area contributed by atoms with E-state index in [9.17, 15) is 10.2 Å². The van der Waals surface area contributed by atoms with Gasteiger partial charge in [0, 0.05) is 6.20 Å². The van der Waals surface area contributed by atoms with E-state index >= 15 is 0 Å². The summed E-state index contributed by atoms with van der Waals surface area (Å²) in [6, 6.07) is 3.63. The minimum absolute atomic E-state index is 0.0597. The van der Waals surface area contributed by atoms with Gasteiger partial charge in [-0.3, -0.25) is 4.98 Å². The third-order valence-corrected chi connectivity index (χ3v) is 4.93. The molecule has 21 heavy (non-hydrogen) atoms. The fourth-order valence-electron chi connectivity index (χ4n) is 3.92. The lowest BCUT2D eigenvalue weighted by Gasteiger charge is -2.21. The van der Waals surface area contributed by atoms with Gasteiger partial charge < -0.3 is 14.9 Å². The molecule has 5 nitrogen and oxygen atoms in total. The number of pyridine rings is 1. The fourth-order valence-corrected chi connectivity index (χ4v) is 3.92. The molecule has 2 aliphatic heterocycles. The summed E-state index contributed by atoms with van der Waals surface area (Å²) in [6.45, 7) is 5.81. The van der Waals surface area contributed by atoms with Gasteiger partial charge >= 0.3 is 0 Å². The standard InChI is InChI=1S/C16H18N2O3/c1-9-10(5-4-8-17-9)18-13(19)11-12(14(18)20)16(3)7-6-15(11,2)21-16/h4-5,8,19-20H,6-7H2,1-3H3. The minimum Gasteiger partial charge on any atom is -0.494 e. The van der Waals surface area contributed by atoms with Crippen LogP contribution in [0.1, 0.15) is 43.5 Å². The number of hydrogen-bond donors (Lipinski definition) is 2. The molecule has 0 amide bonds. The zero-order chi connectivity index (χ0) is 15.0. The molecule has 0 spiro atoms. The summed E-state index contributed by atoms with van der Waals surface area (Å²) in [4.78, 5) is 4.23. The number of aryl methyl sites for hydroxylation is 1. The SMILES string of the molecule is Cc1ncccc1-n1c(O)c2c(c1O)C1(C)CCC2(C)O1. The van der Waals surface area contributed by atoms with E-state index < -0.39 is 11.2 Å². The Hall–Kier alpha value is -2.01. The smallest absolute Gasteiger partial charge is 0.205 e. The first kappa shape index (κ1) is 12.7. The molecule has 1 fully saturated rings. The lowest BCUT2D eigenvalue weighted by molar-refractivity contribution is -0.0683. The Bertz CT molecular complexity index is 728. The third-order valence-electron chi connectivity index (χ3n) is 4.93. The average Bonchev–Trinajstić information content (AvgIpc) is 2.97. The highest BCUT2D eigenvalue weighted by atomic mass is 16.5. The molecule has 4 heterocycles. The van der Waals surface area contributed by atoms with Gasteiger partial charge in [-0.25, -0.2) is 4.57 Å². The van der Waals surface area contributed by atoms with Gasteiger partial charge in [0.15, 0.2) is 0 Å². The highest BCUT2D eigenvalue weighted by Gasteiger charge is 2.59. The summed E-state index contributed by atoms with van der Waals surface area (Å²) in [5, 5.41) is 21.4. The topological polar surface area (TPSA) is 67.5 Å². The molecular formula is C16H18N2O3. The van der Waals surface area contributed by atoms with Crippen LogP contribution < -0.4 is 0 Å². The van der Waals surface area contributed by atoms with Gasteiger partial charge in [0.2, 0.25) is 11.8 Å². The van der Waals surface area contributed by atoms with E-state index in [1.54, 1.807) is 12.3 Å². The quantitative estimate of drug-likeness (QED) is 0.846. The minimum atomic E-state index is -0.521. The molecule has 0 radical (unpaired) electrons. The Morgan fingerprint density at radius 2 is 1.71 bits per heavy atom. The summed E-state index contributed by atoms with van der Waals surface area (Å²) in [5.74, 6) is 0.119. The molecule has 2 aliphatic rings. The molecule has 2 N–H and O–H groups in total. The van der Waals surface area contributed by atoms with Crippen LogP contribution in [0.15, 0.2) is 18.3 Å². The maximum absolute atomic E-state index is 10.7. The lowest BCUT2D eigenvalue weighted by Crippen LogP contribution is -2.17. The first-order valence-corrected chi connectivity index (χ1v) is 7.17. The number of fused-ring (bicyclic) bond motifs is 5. The maximum Gasteiger partial charge on any atom is 0.205 e. The van der Waals surface area contributed by atoms with Gasteiger partial charge in [0.1, 0.15) is 0 Å².